The molecular formula is C13H14ClN3O2. The molecule has 0 fully saturated rings. The third-order valence-electron chi connectivity index (χ3n) is 2.60. The van der Waals surface area contributed by atoms with Crippen molar-refractivity contribution in [2.75, 3.05) is 20.0 Å². The lowest BCUT2D eigenvalue weighted by Gasteiger charge is -2.10. The van der Waals surface area contributed by atoms with E-state index in [2.05, 4.69) is 9.97 Å². The number of anilines is 1. The molecule has 6 heteroatoms. The second kappa shape index (κ2) is 5.75. The molecule has 0 unspecified atom stereocenters. The molecule has 2 rings (SSSR count). The van der Waals surface area contributed by atoms with Crippen molar-refractivity contribution in [3.8, 4) is 11.5 Å². The highest BCUT2D eigenvalue weighted by Crippen LogP contribution is 2.26. The van der Waals surface area contributed by atoms with Crippen molar-refractivity contribution in [2.45, 2.75) is 6.42 Å². The lowest BCUT2D eigenvalue weighted by atomic mass is 10.1. The molecule has 0 saturated carbocycles. The van der Waals surface area contributed by atoms with Crippen molar-refractivity contribution in [3.05, 3.63) is 40.8 Å². The van der Waals surface area contributed by atoms with E-state index in [-0.39, 0.29) is 0 Å². The summed E-state index contributed by atoms with van der Waals surface area (Å²) in [5.74, 6) is 2.34. The molecule has 5 nitrogen and oxygen atoms in total. The van der Waals surface area contributed by atoms with Gasteiger partial charge in [-0.05, 0) is 6.07 Å². The number of halogens is 1. The summed E-state index contributed by atoms with van der Waals surface area (Å²) in [7, 11) is 3.21. The minimum absolute atomic E-state index is 0.329. The second-order valence-corrected chi connectivity index (χ2v) is 4.27. The van der Waals surface area contributed by atoms with Gasteiger partial charge < -0.3 is 15.2 Å². The van der Waals surface area contributed by atoms with Gasteiger partial charge in [-0.3, -0.25) is 0 Å². The van der Waals surface area contributed by atoms with Gasteiger partial charge in [0.05, 0.1) is 14.2 Å². The van der Waals surface area contributed by atoms with Crippen LogP contribution in [0.3, 0.4) is 0 Å². The molecule has 0 bridgehead atoms. The molecule has 0 amide bonds. The smallest absolute Gasteiger partial charge is 0.136 e. The van der Waals surface area contributed by atoms with Gasteiger partial charge in [-0.1, -0.05) is 17.7 Å². The fourth-order valence-electron chi connectivity index (χ4n) is 1.73. The molecule has 0 spiro atoms. The van der Waals surface area contributed by atoms with Crippen LogP contribution >= 0.6 is 11.6 Å². The number of hydrogen-bond acceptors (Lipinski definition) is 5. The van der Waals surface area contributed by atoms with E-state index in [9.17, 15) is 0 Å². The zero-order valence-corrected chi connectivity index (χ0v) is 11.4. The van der Waals surface area contributed by atoms with Crippen molar-refractivity contribution < 1.29 is 9.47 Å². The maximum absolute atomic E-state index is 5.86. The lowest BCUT2D eigenvalue weighted by molar-refractivity contribution is 0.391. The number of ether oxygens (including phenoxy) is 2. The van der Waals surface area contributed by atoms with E-state index in [4.69, 9.17) is 26.8 Å². The van der Waals surface area contributed by atoms with E-state index >= 15 is 0 Å². The summed E-state index contributed by atoms with van der Waals surface area (Å²) in [5.41, 5.74) is 6.58. The van der Waals surface area contributed by atoms with Gasteiger partial charge >= 0.3 is 0 Å². The Bertz CT molecular complexity index is 570. The molecule has 0 radical (unpaired) electrons. The summed E-state index contributed by atoms with van der Waals surface area (Å²) in [6, 6.07) is 7.07. The molecular weight excluding hydrogens is 266 g/mol. The van der Waals surface area contributed by atoms with Gasteiger partial charge in [-0.25, -0.2) is 9.97 Å². The number of nitrogens with zero attached hydrogens (tertiary/aromatic N) is 2. The zero-order valence-electron chi connectivity index (χ0n) is 10.7. The van der Waals surface area contributed by atoms with Crippen molar-refractivity contribution in [2.24, 2.45) is 0 Å². The Labute approximate surface area is 116 Å². The number of aromatic nitrogens is 2. The van der Waals surface area contributed by atoms with Crippen LogP contribution in [0.5, 0.6) is 11.5 Å². The Balaban J connectivity index is 2.32. The van der Waals surface area contributed by atoms with Gasteiger partial charge in [0.15, 0.2) is 0 Å². The Morgan fingerprint density at radius 2 is 1.95 bits per heavy atom. The van der Waals surface area contributed by atoms with Crippen LogP contribution in [0.2, 0.25) is 5.15 Å². The van der Waals surface area contributed by atoms with Gasteiger partial charge in [0.2, 0.25) is 0 Å². The molecule has 0 aliphatic heterocycles. The van der Waals surface area contributed by atoms with Crippen molar-refractivity contribution in [1.82, 2.24) is 9.97 Å². The molecule has 0 saturated heterocycles. The predicted molar refractivity (Wildman–Crippen MR) is 73.8 cm³/mol. The first kappa shape index (κ1) is 13.4. The Kier molecular flexibility index (Phi) is 4.06. The van der Waals surface area contributed by atoms with E-state index < -0.39 is 0 Å². The van der Waals surface area contributed by atoms with Gasteiger partial charge in [0.25, 0.3) is 0 Å². The molecule has 2 aromatic rings. The first-order valence-electron chi connectivity index (χ1n) is 5.62. The number of nitrogens with two attached hydrogens (primary N) is 1. The summed E-state index contributed by atoms with van der Waals surface area (Å²) in [6.07, 6.45) is 0.484. The molecule has 19 heavy (non-hydrogen) atoms. The largest absolute Gasteiger partial charge is 0.497 e. The minimum atomic E-state index is 0.329. The number of hydrogen-bond donors (Lipinski definition) is 1. The highest BCUT2D eigenvalue weighted by atomic mass is 35.5. The normalized spacial score (nSPS) is 10.3. The Morgan fingerprint density at radius 3 is 2.58 bits per heavy atom. The van der Waals surface area contributed by atoms with Crippen molar-refractivity contribution in [3.63, 3.8) is 0 Å². The van der Waals surface area contributed by atoms with Crippen LogP contribution in [0.25, 0.3) is 0 Å². The molecule has 2 N–H and O–H groups in total. The third-order valence-corrected chi connectivity index (χ3v) is 2.80. The topological polar surface area (TPSA) is 70.3 Å². The van der Waals surface area contributed by atoms with E-state index in [1.807, 2.05) is 18.2 Å². The molecule has 100 valence electrons. The molecule has 1 aromatic heterocycles. The summed E-state index contributed by atoms with van der Waals surface area (Å²) in [6.45, 7) is 0. The maximum Gasteiger partial charge on any atom is 0.136 e. The fraction of sp³-hybridized carbons (Fsp3) is 0.231. The lowest BCUT2D eigenvalue weighted by Crippen LogP contribution is -2.02. The van der Waals surface area contributed by atoms with E-state index in [0.717, 1.165) is 11.3 Å². The van der Waals surface area contributed by atoms with Crippen LogP contribution < -0.4 is 15.2 Å². The SMILES string of the molecule is COc1ccc(Cc2nc(N)cc(Cl)n2)c(OC)c1. The van der Waals surface area contributed by atoms with Gasteiger partial charge in [0.1, 0.15) is 28.3 Å². The number of rotatable bonds is 4. The first-order chi connectivity index (χ1) is 9.12. The quantitative estimate of drug-likeness (QED) is 0.870. The predicted octanol–water partition coefficient (Wildman–Crippen LogP) is 2.32. The van der Waals surface area contributed by atoms with Gasteiger partial charge in [0, 0.05) is 24.1 Å². The van der Waals surface area contributed by atoms with E-state index in [1.54, 1.807) is 14.2 Å². The Hall–Kier alpha value is -2.01. The van der Waals surface area contributed by atoms with Crippen LogP contribution in [-0.2, 0) is 6.42 Å². The summed E-state index contributed by atoms with van der Waals surface area (Å²) in [4.78, 5) is 8.28. The number of benzene rings is 1. The van der Waals surface area contributed by atoms with Crippen LogP contribution in [-0.4, -0.2) is 24.2 Å². The standard InChI is InChI=1S/C13H14ClN3O2/c1-18-9-4-3-8(10(6-9)19-2)5-13-16-11(14)7-12(15)17-13/h3-4,6-7H,5H2,1-2H3,(H2,15,16,17). The molecule has 0 aliphatic rings. The van der Waals surface area contributed by atoms with Crippen LogP contribution in [0.1, 0.15) is 11.4 Å². The maximum atomic E-state index is 5.86. The molecule has 0 aliphatic carbocycles. The monoisotopic (exact) mass is 279 g/mol. The average molecular weight is 280 g/mol. The van der Waals surface area contributed by atoms with Crippen LogP contribution in [0, 0.1) is 0 Å². The highest BCUT2D eigenvalue weighted by Gasteiger charge is 2.09. The summed E-state index contributed by atoms with van der Waals surface area (Å²) < 4.78 is 10.5. The molecule has 1 aromatic carbocycles. The van der Waals surface area contributed by atoms with E-state index in [0.29, 0.717) is 29.0 Å². The van der Waals surface area contributed by atoms with E-state index in [1.165, 1.54) is 6.07 Å². The summed E-state index contributed by atoms with van der Waals surface area (Å²) in [5, 5.41) is 0.329. The second-order valence-electron chi connectivity index (χ2n) is 3.89. The zero-order chi connectivity index (χ0) is 13.8. The fourth-order valence-corrected chi connectivity index (χ4v) is 1.94. The van der Waals surface area contributed by atoms with Crippen LogP contribution in [0.4, 0.5) is 5.82 Å². The van der Waals surface area contributed by atoms with Crippen LogP contribution in [0.15, 0.2) is 24.3 Å². The van der Waals surface area contributed by atoms with Gasteiger partial charge in [-0.15, -0.1) is 0 Å². The Morgan fingerprint density at radius 1 is 1.16 bits per heavy atom. The third kappa shape index (κ3) is 3.26. The number of methoxy groups -OCH3 is 2. The highest BCUT2D eigenvalue weighted by molar-refractivity contribution is 6.29. The summed E-state index contributed by atoms with van der Waals surface area (Å²) >= 11 is 5.86. The average Bonchev–Trinajstić information content (AvgIpc) is 2.38. The van der Waals surface area contributed by atoms with Gasteiger partial charge in [-0.2, -0.15) is 0 Å². The molecule has 1 heterocycles. The van der Waals surface area contributed by atoms with Crippen molar-refractivity contribution in [1.29, 1.82) is 0 Å². The number of nitrogen functional groups attached to an aromatic ring is 1. The first-order valence-corrected chi connectivity index (χ1v) is 6.00. The van der Waals surface area contributed by atoms with Crippen molar-refractivity contribution >= 4 is 17.4 Å². The minimum Gasteiger partial charge on any atom is -0.497 e. The molecule has 0 atom stereocenters.